The quantitative estimate of drug-likeness (QED) is 0.782. The molecule has 2 heterocycles. The van der Waals surface area contributed by atoms with Gasteiger partial charge in [0.1, 0.15) is 5.75 Å². The van der Waals surface area contributed by atoms with E-state index in [1.165, 1.54) is 4.31 Å². The summed E-state index contributed by atoms with van der Waals surface area (Å²) in [5.74, 6) is 0.799. The van der Waals surface area contributed by atoms with Gasteiger partial charge in [-0.1, -0.05) is 5.16 Å². The molecule has 4 rings (SSSR count). The smallest absolute Gasteiger partial charge is 0.406 e. The number of hydrogen-bond acceptors (Lipinski definition) is 6. The van der Waals surface area contributed by atoms with Crippen LogP contribution in [0, 0.1) is 0 Å². The second-order valence-electron chi connectivity index (χ2n) is 6.30. The zero-order chi connectivity index (χ0) is 18.5. The zero-order valence-electron chi connectivity index (χ0n) is 13.3. The van der Waals surface area contributed by atoms with Gasteiger partial charge in [0.15, 0.2) is 5.82 Å². The normalized spacial score (nSPS) is 19.3. The number of ether oxygens (including phenoxy) is 1. The molecule has 2 aliphatic rings. The average Bonchev–Trinajstić information content (AvgIpc) is 3.24. The van der Waals surface area contributed by atoms with Gasteiger partial charge in [-0.25, -0.2) is 8.42 Å². The molecule has 0 atom stereocenters. The molecule has 2 fully saturated rings. The largest absolute Gasteiger partial charge is 0.573 e. The molecule has 11 heteroatoms. The van der Waals surface area contributed by atoms with Crippen LogP contribution in [0.1, 0.15) is 36.4 Å². The summed E-state index contributed by atoms with van der Waals surface area (Å²) in [6.07, 6.45) is -2.75. The number of hydrogen-bond donors (Lipinski definition) is 0. The van der Waals surface area contributed by atoms with Crippen LogP contribution in [-0.2, 0) is 10.0 Å². The number of alkyl halides is 3. The van der Waals surface area contributed by atoms with Crippen molar-refractivity contribution in [3.8, 4) is 5.75 Å². The lowest BCUT2D eigenvalue weighted by Crippen LogP contribution is -2.48. The van der Waals surface area contributed by atoms with Crippen LogP contribution in [0.5, 0.6) is 5.75 Å². The Morgan fingerprint density at radius 3 is 2.35 bits per heavy atom. The minimum atomic E-state index is -4.82. The molecule has 0 spiro atoms. The highest BCUT2D eigenvalue weighted by atomic mass is 32.2. The van der Waals surface area contributed by atoms with E-state index in [0.29, 0.717) is 17.6 Å². The van der Waals surface area contributed by atoms with E-state index < -0.39 is 22.1 Å². The molecule has 0 amide bonds. The van der Waals surface area contributed by atoms with E-state index in [-0.39, 0.29) is 23.9 Å². The molecule has 0 bridgehead atoms. The predicted octanol–water partition coefficient (Wildman–Crippen LogP) is 2.63. The van der Waals surface area contributed by atoms with E-state index in [0.717, 1.165) is 37.1 Å². The van der Waals surface area contributed by atoms with Gasteiger partial charge in [-0.05, 0) is 37.1 Å². The minimum Gasteiger partial charge on any atom is -0.406 e. The molecule has 1 aliphatic carbocycles. The Morgan fingerprint density at radius 2 is 1.77 bits per heavy atom. The third-order valence-electron chi connectivity index (χ3n) is 4.29. The van der Waals surface area contributed by atoms with Gasteiger partial charge in [-0.3, -0.25) is 0 Å². The molecule has 1 aliphatic heterocycles. The van der Waals surface area contributed by atoms with Crippen molar-refractivity contribution in [2.45, 2.75) is 35.9 Å². The van der Waals surface area contributed by atoms with Crippen molar-refractivity contribution in [1.82, 2.24) is 14.4 Å². The number of nitrogens with zero attached hydrogens (tertiary/aromatic N) is 3. The molecule has 7 nitrogen and oxygen atoms in total. The van der Waals surface area contributed by atoms with Crippen molar-refractivity contribution in [2.24, 2.45) is 0 Å². The number of sulfonamides is 1. The van der Waals surface area contributed by atoms with Gasteiger partial charge in [0.2, 0.25) is 15.9 Å². The molecule has 0 unspecified atom stereocenters. The third-order valence-corrected chi connectivity index (χ3v) is 6.14. The number of rotatable bonds is 5. The van der Waals surface area contributed by atoms with Crippen LogP contribution in [0.4, 0.5) is 13.2 Å². The van der Waals surface area contributed by atoms with Crippen LogP contribution in [0.3, 0.4) is 0 Å². The lowest BCUT2D eigenvalue weighted by molar-refractivity contribution is -0.274. The Hall–Kier alpha value is -2.14. The highest BCUT2D eigenvalue weighted by molar-refractivity contribution is 7.89. The second-order valence-corrected chi connectivity index (χ2v) is 8.24. The third kappa shape index (κ3) is 3.40. The summed E-state index contributed by atoms with van der Waals surface area (Å²) in [5.41, 5.74) is 0. The van der Waals surface area contributed by atoms with Crippen molar-refractivity contribution in [1.29, 1.82) is 0 Å². The average molecular weight is 389 g/mol. The van der Waals surface area contributed by atoms with E-state index in [9.17, 15) is 21.6 Å². The maximum absolute atomic E-state index is 12.5. The SMILES string of the molecule is O=S(=O)(c1ccc(OC(F)(F)F)cc1)N1CC(c2nc(C3CC3)no2)C1. The maximum Gasteiger partial charge on any atom is 0.573 e. The molecule has 26 heavy (non-hydrogen) atoms. The van der Waals surface area contributed by atoms with Crippen LogP contribution >= 0.6 is 0 Å². The van der Waals surface area contributed by atoms with Crippen molar-refractivity contribution < 1.29 is 30.8 Å². The predicted molar refractivity (Wildman–Crippen MR) is 80.9 cm³/mol. The first-order valence-corrected chi connectivity index (χ1v) is 9.36. The molecule has 1 saturated carbocycles. The minimum absolute atomic E-state index is 0.102. The first-order chi connectivity index (χ1) is 12.2. The lowest BCUT2D eigenvalue weighted by atomic mass is 10.0. The monoisotopic (exact) mass is 389 g/mol. The highest BCUT2D eigenvalue weighted by Gasteiger charge is 2.41. The van der Waals surface area contributed by atoms with Crippen LogP contribution in [0.25, 0.3) is 0 Å². The van der Waals surface area contributed by atoms with Crippen molar-refractivity contribution >= 4 is 10.0 Å². The Kier molecular flexibility index (Phi) is 3.95. The summed E-state index contributed by atoms with van der Waals surface area (Å²) < 4.78 is 71.6. The molecule has 140 valence electrons. The highest BCUT2D eigenvalue weighted by Crippen LogP contribution is 2.39. The van der Waals surface area contributed by atoms with Gasteiger partial charge < -0.3 is 9.26 Å². The Morgan fingerprint density at radius 1 is 1.12 bits per heavy atom. The topological polar surface area (TPSA) is 85.5 Å². The summed E-state index contributed by atoms with van der Waals surface area (Å²) in [5, 5.41) is 3.91. The van der Waals surface area contributed by atoms with Gasteiger partial charge in [0, 0.05) is 19.0 Å². The van der Waals surface area contributed by atoms with Gasteiger partial charge >= 0.3 is 6.36 Å². The molecule has 0 radical (unpaired) electrons. The van der Waals surface area contributed by atoms with Crippen LogP contribution < -0.4 is 4.74 Å². The van der Waals surface area contributed by atoms with E-state index in [2.05, 4.69) is 14.9 Å². The lowest BCUT2D eigenvalue weighted by Gasteiger charge is -2.35. The van der Waals surface area contributed by atoms with Crippen LogP contribution in [0.2, 0.25) is 0 Å². The first-order valence-electron chi connectivity index (χ1n) is 7.92. The van der Waals surface area contributed by atoms with Crippen LogP contribution in [0.15, 0.2) is 33.7 Å². The summed E-state index contributed by atoms with van der Waals surface area (Å²) >= 11 is 0. The Balaban J connectivity index is 1.41. The summed E-state index contributed by atoms with van der Waals surface area (Å²) in [7, 11) is -3.79. The first kappa shape index (κ1) is 17.3. The van der Waals surface area contributed by atoms with Gasteiger partial charge in [0.25, 0.3) is 0 Å². The van der Waals surface area contributed by atoms with E-state index in [1.807, 2.05) is 0 Å². The molecular formula is C15H14F3N3O4S. The molecule has 0 N–H and O–H groups in total. The van der Waals surface area contributed by atoms with Gasteiger partial charge in [-0.15, -0.1) is 13.2 Å². The van der Waals surface area contributed by atoms with Crippen molar-refractivity contribution in [3.05, 3.63) is 36.0 Å². The number of benzene rings is 1. The van der Waals surface area contributed by atoms with E-state index >= 15 is 0 Å². The van der Waals surface area contributed by atoms with Gasteiger partial charge in [-0.2, -0.15) is 9.29 Å². The molecule has 2 aromatic rings. The van der Waals surface area contributed by atoms with E-state index in [4.69, 9.17) is 4.52 Å². The number of aromatic nitrogens is 2. The fraction of sp³-hybridized carbons (Fsp3) is 0.467. The Bertz CT molecular complexity index is 901. The molecular weight excluding hydrogens is 375 g/mol. The molecule has 1 saturated heterocycles. The van der Waals surface area contributed by atoms with Crippen molar-refractivity contribution in [2.75, 3.05) is 13.1 Å². The summed E-state index contributed by atoms with van der Waals surface area (Å²) in [4.78, 5) is 4.20. The fourth-order valence-corrected chi connectivity index (χ4v) is 4.20. The Labute approximate surface area is 146 Å². The number of halogens is 3. The summed E-state index contributed by atoms with van der Waals surface area (Å²) in [6.45, 7) is 0.380. The fourth-order valence-electron chi connectivity index (χ4n) is 2.67. The van der Waals surface area contributed by atoms with E-state index in [1.54, 1.807) is 0 Å². The van der Waals surface area contributed by atoms with Crippen LogP contribution in [-0.4, -0.2) is 42.3 Å². The maximum atomic E-state index is 12.5. The van der Waals surface area contributed by atoms with Crippen molar-refractivity contribution in [3.63, 3.8) is 0 Å². The van der Waals surface area contributed by atoms with Gasteiger partial charge in [0.05, 0.1) is 10.8 Å². The second kappa shape index (κ2) is 5.95. The molecule has 1 aromatic heterocycles. The molecule has 1 aromatic carbocycles. The summed E-state index contributed by atoms with van der Waals surface area (Å²) in [6, 6.07) is 4.11. The zero-order valence-corrected chi connectivity index (χ0v) is 14.1. The standard InChI is InChI=1S/C15H14F3N3O4S/c16-15(17,18)24-11-3-5-12(6-4-11)26(22,23)21-7-10(8-21)14-19-13(20-25-14)9-1-2-9/h3-6,9-10H,1-2,7-8H2.